The Morgan fingerprint density at radius 2 is 1.73 bits per heavy atom. The molecule has 26 heavy (non-hydrogen) atoms. The molecule has 1 aromatic rings. The molecule has 0 atom stereocenters. The molecule has 1 aliphatic carbocycles. The van der Waals surface area contributed by atoms with Gasteiger partial charge in [-0.1, -0.05) is 33.6 Å². The van der Waals surface area contributed by atoms with E-state index in [1.807, 2.05) is 11.0 Å². The first-order chi connectivity index (χ1) is 12.3. The van der Waals surface area contributed by atoms with Crippen molar-refractivity contribution in [3.8, 4) is 0 Å². The van der Waals surface area contributed by atoms with E-state index in [9.17, 15) is 9.59 Å². The minimum absolute atomic E-state index is 0.0299. The molecule has 0 aromatic carbocycles. The summed E-state index contributed by atoms with van der Waals surface area (Å²) in [4.78, 5) is 26.7. The molecule has 3 rings (SSSR count). The second-order valence-electron chi connectivity index (χ2n) is 9.17. The maximum absolute atomic E-state index is 12.5. The van der Waals surface area contributed by atoms with Crippen LogP contribution >= 0.6 is 0 Å². The van der Waals surface area contributed by atoms with E-state index < -0.39 is 0 Å². The predicted molar refractivity (Wildman–Crippen MR) is 103 cm³/mol. The number of amides is 1. The summed E-state index contributed by atoms with van der Waals surface area (Å²) in [6.45, 7) is 8.64. The minimum Gasteiger partial charge on any atom is -0.343 e. The number of hydrogen-bond acceptors (Lipinski definition) is 3. The van der Waals surface area contributed by atoms with Gasteiger partial charge in [0.15, 0.2) is 0 Å². The van der Waals surface area contributed by atoms with E-state index in [2.05, 4.69) is 25.9 Å². The van der Waals surface area contributed by atoms with E-state index in [0.717, 1.165) is 38.0 Å². The van der Waals surface area contributed by atoms with Crippen molar-refractivity contribution in [3.63, 3.8) is 0 Å². The minimum atomic E-state index is -0.0640. The van der Waals surface area contributed by atoms with Gasteiger partial charge in [-0.15, -0.1) is 0 Å². The lowest BCUT2D eigenvalue weighted by Gasteiger charge is -2.33. The molecule has 2 fully saturated rings. The van der Waals surface area contributed by atoms with Crippen molar-refractivity contribution in [2.24, 2.45) is 11.8 Å². The zero-order valence-electron chi connectivity index (χ0n) is 16.5. The number of nitrogens with zero attached hydrogens (tertiary/aromatic N) is 3. The summed E-state index contributed by atoms with van der Waals surface area (Å²) in [6, 6.07) is 3.47. The summed E-state index contributed by atoms with van der Waals surface area (Å²) in [7, 11) is 0. The van der Waals surface area contributed by atoms with Gasteiger partial charge in [0.2, 0.25) is 5.91 Å². The molecule has 1 amide bonds. The molecule has 0 N–H and O–H groups in total. The Bertz CT molecular complexity index is 675. The molecular weight excluding hydrogens is 326 g/mol. The molecule has 2 heterocycles. The first-order valence-corrected chi connectivity index (χ1v) is 10.2. The van der Waals surface area contributed by atoms with Gasteiger partial charge in [0.05, 0.1) is 5.69 Å². The second-order valence-corrected chi connectivity index (χ2v) is 9.17. The average molecular weight is 360 g/mol. The Morgan fingerprint density at radius 3 is 2.35 bits per heavy atom. The number of piperidine rings is 1. The van der Waals surface area contributed by atoms with Crippen molar-refractivity contribution in [1.82, 2.24) is 14.7 Å². The fourth-order valence-corrected chi connectivity index (χ4v) is 4.18. The number of carbonyl (C=O) groups is 1. The topological polar surface area (TPSA) is 55.2 Å². The Morgan fingerprint density at radius 1 is 1.08 bits per heavy atom. The van der Waals surface area contributed by atoms with Crippen LogP contribution in [0.15, 0.2) is 16.9 Å². The summed E-state index contributed by atoms with van der Waals surface area (Å²) < 4.78 is 1.63. The number of carbonyl (C=O) groups excluding carboxylic acids is 1. The van der Waals surface area contributed by atoms with Crippen LogP contribution in [0.4, 0.5) is 0 Å². The molecule has 0 bridgehead atoms. The highest BCUT2D eigenvalue weighted by Crippen LogP contribution is 2.29. The van der Waals surface area contributed by atoms with Crippen molar-refractivity contribution in [2.75, 3.05) is 13.1 Å². The van der Waals surface area contributed by atoms with Gasteiger partial charge in [-0.05, 0) is 43.6 Å². The van der Waals surface area contributed by atoms with Gasteiger partial charge >= 0.3 is 0 Å². The number of hydrogen-bond donors (Lipinski definition) is 0. The zero-order chi connectivity index (χ0) is 18.7. The van der Waals surface area contributed by atoms with Crippen molar-refractivity contribution >= 4 is 5.91 Å². The van der Waals surface area contributed by atoms with Crippen LogP contribution in [0.3, 0.4) is 0 Å². The van der Waals surface area contributed by atoms with Crippen molar-refractivity contribution < 1.29 is 4.79 Å². The van der Waals surface area contributed by atoms with E-state index in [1.54, 1.807) is 10.7 Å². The van der Waals surface area contributed by atoms with Crippen LogP contribution in [0.2, 0.25) is 0 Å². The summed E-state index contributed by atoms with van der Waals surface area (Å²) in [5.41, 5.74) is 0.852. The van der Waals surface area contributed by atoms with E-state index in [-0.39, 0.29) is 11.0 Å². The van der Waals surface area contributed by atoms with E-state index in [0.29, 0.717) is 24.3 Å². The Hall–Kier alpha value is -1.65. The van der Waals surface area contributed by atoms with E-state index in [1.165, 1.54) is 25.7 Å². The molecule has 1 saturated carbocycles. The Balaban J connectivity index is 1.54. The molecule has 1 saturated heterocycles. The third-order valence-corrected chi connectivity index (χ3v) is 5.97. The second kappa shape index (κ2) is 7.93. The Labute approximate surface area is 156 Å². The van der Waals surface area contributed by atoms with Crippen LogP contribution in [0.1, 0.15) is 71.4 Å². The lowest BCUT2D eigenvalue weighted by atomic mass is 9.92. The SMILES string of the molecule is CC(C)(C)c1ccc(=O)n(CC2CCN(C(=O)CC3CCCC3)CC2)n1. The average Bonchev–Trinajstić information content (AvgIpc) is 3.09. The molecule has 144 valence electrons. The van der Waals surface area contributed by atoms with Gasteiger partial charge in [0.25, 0.3) is 5.56 Å². The summed E-state index contributed by atoms with van der Waals surface area (Å²) in [5.74, 6) is 1.37. The summed E-state index contributed by atoms with van der Waals surface area (Å²) >= 11 is 0. The van der Waals surface area contributed by atoms with Gasteiger partial charge in [0, 0.05) is 37.5 Å². The van der Waals surface area contributed by atoms with Crippen molar-refractivity contribution in [1.29, 1.82) is 0 Å². The highest BCUT2D eigenvalue weighted by molar-refractivity contribution is 5.76. The molecule has 1 aromatic heterocycles. The van der Waals surface area contributed by atoms with Crippen LogP contribution in [0, 0.1) is 11.8 Å². The van der Waals surface area contributed by atoms with Crippen molar-refractivity contribution in [3.05, 3.63) is 28.2 Å². The van der Waals surface area contributed by atoms with Crippen LogP contribution in [0.25, 0.3) is 0 Å². The third kappa shape index (κ3) is 4.74. The van der Waals surface area contributed by atoms with Gasteiger partial charge in [-0.3, -0.25) is 9.59 Å². The number of likely N-dealkylation sites (tertiary alicyclic amines) is 1. The van der Waals surface area contributed by atoms with Gasteiger partial charge in [-0.2, -0.15) is 5.10 Å². The monoisotopic (exact) mass is 359 g/mol. The molecule has 5 nitrogen and oxygen atoms in total. The van der Waals surface area contributed by atoms with Crippen LogP contribution in [-0.2, 0) is 16.8 Å². The number of rotatable bonds is 4. The highest BCUT2D eigenvalue weighted by Gasteiger charge is 2.26. The molecule has 0 unspecified atom stereocenters. The fourth-order valence-electron chi connectivity index (χ4n) is 4.18. The maximum atomic E-state index is 12.5. The Kier molecular flexibility index (Phi) is 5.83. The summed E-state index contributed by atoms with van der Waals surface area (Å²) in [6.07, 6.45) is 7.68. The van der Waals surface area contributed by atoms with Crippen LogP contribution in [0.5, 0.6) is 0 Å². The standard InChI is InChI=1S/C21H33N3O2/c1-21(2,3)18-8-9-19(25)24(22-18)15-17-10-12-23(13-11-17)20(26)14-16-6-4-5-7-16/h8-9,16-17H,4-7,10-15H2,1-3H3. The molecule has 1 aliphatic heterocycles. The third-order valence-electron chi connectivity index (χ3n) is 5.97. The maximum Gasteiger partial charge on any atom is 0.266 e. The van der Waals surface area contributed by atoms with E-state index >= 15 is 0 Å². The zero-order valence-corrected chi connectivity index (χ0v) is 16.5. The molecule has 2 aliphatic rings. The first kappa shape index (κ1) is 19.1. The normalized spacial score (nSPS) is 19.9. The number of aromatic nitrogens is 2. The first-order valence-electron chi connectivity index (χ1n) is 10.2. The molecule has 0 spiro atoms. The van der Waals surface area contributed by atoms with Gasteiger partial charge < -0.3 is 4.90 Å². The molecule has 5 heteroatoms. The van der Waals surface area contributed by atoms with Gasteiger partial charge in [0.1, 0.15) is 0 Å². The smallest absolute Gasteiger partial charge is 0.266 e. The van der Waals surface area contributed by atoms with Crippen molar-refractivity contribution in [2.45, 2.75) is 77.7 Å². The lowest BCUT2D eigenvalue weighted by Crippen LogP contribution is -2.41. The predicted octanol–water partition coefficient (Wildman–Crippen LogP) is 3.36. The largest absolute Gasteiger partial charge is 0.343 e. The highest BCUT2D eigenvalue weighted by atomic mass is 16.2. The van der Waals surface area contributed by atoms with Crippen LogP contribution in [-0.4, -0.2) is 33.7 Å². The molecule has 0 radical (unpaired) electrons. The van der Waals surface area contributed by atoms with Crippen LogP contribution < -0.4 is 5.56 Å². The summed E-state index contributed by atoms with van der Waals surface area (Å²) in [5, 5.41) is 4.58. The van der Waals surface area contributed by atoms with E-state index in [4.69, 9.17) is 0 Å². The fraction of sp³-hybridized carbons (Fsp3) is 0.762. The quantitative estimate of drug-likeness (QED) is 0.828. The molecular formula is C21H33N3O2. The lowest BCUT2D eigenvalue weighted by molar-refractivity contribution is -0.133. The van der Waals surface area contributed by atoms with Gasteiger partial charge in [-0.25, -0.2) is 4.68 Å².